The Morgan fingerprint density at radius 1 is 1.50 bits per heavy atom. The van der Waals surface area contributed by atoms with Crippen LogP contribution in [0.15, 0.2) is 0 Å². The van der Waals surface area contributed by atoms with E-state index in [1.165, 1.54) is 0 Å². The predicted octanol–water partition coefficient (Wildman–Crippen LogP) is 0.890. The highest BCUT2D eigenvalue weighted by Gasteiger charge is 2.26. The number of hydrogen-bond acceptors (Lipinski definition) is 2. The standard InChI is InChI=1S/C9H17NO2/c1-7-6-8(4-5-12-7)9(11)10(2)3/h7-8H,4-6H2,1-3H3. The Hall–Kier alpha value is -0.570. The van der Waals surface area contributed by atoms with E-state index in [0.717, 1.165) is 19.4 Å². The second kappa shape index (κ2) is 3.90. The molecule has 0 spiro atoms. The average Bonchev–Trinajstić information content (AvgIpc) is 2.03. The number of carbonyl (C=O) groups is 1. The van der Waals surface area contributed by atoms with Gasteiger partial charge in [0.1, 0.15) is 0 Å². The molecular formula is C9H17NO2. The lowest BCUT2D eigenvalue weighted by molar-refractivity contribution is -0.137. The number of nitrogens with zero attached hydrogens (tertiary/aromatic N) is 1. The Labute approximate surface area is 73.7 Å². The number of carbonyl (C=O) groups excluding carboxylic acids is 1. The van der Waals surface area contributed by atoms with Crippen LogP contribution in [0.2, 0.25) is 0 Å². The summed E-state index contributed by atoms with van der Waals surface area (Å²) in [6, 6.07) is 0. The fourth-order valence-electron chi connectivity index (χ4n) is 1.59. The van der Waals surface area contributed by atoms with Crippen LogP contribution in [0.3, 0.4) is 0 Å². The van der Waals surface area contributed by atoms with Crippen molar-refractivity contribution in [3.63, 3.8) is 0 Å². The maximum Gasteiger partial charge on any atom is 0.225 e. The number of ether oxygens (including phenoxy) is 1. The van der Waals surface area contributed by atoms with Crippen LogP contribution in [-0.4, -0.2) is 37.6 Å². The fraction of sp³-hybridized carbons (Fsp3) is 0.889. The molecule has 1 amide bonds. The van der Waals surface area contributed by atoms with E-state index in [9.17, 15) is 4.79 Å². The Kier molecular flexibility index (Phi) is 3.09. The van der Waals surface area contributed by atoms with E-state index in [1.54, 1.807) is 4.90 Å². The van der Waals surface area contributed by atoms with Crippen molar-refractivity contribution in [3.05, 3.63) is 0 Å². The highest BCUT2D eigenvalue weighted by Crippen LogP contribution is 2.20. The first kappa shape index (κ1) is 9.52. The summed E-state index contributed by atoms with van der Waals surface area (Å²) < 4.78 is 5.37. The molecule has 0 saturated carbocycles. The lowest BCUT2D eigenvalue weighted by Gasteiger charge is -2.28. The van der Waals surface area contributed by atoms with Gasteiger partial charge in [-0.1, -0.05) is 0 Å². The largest absolute Gasteiger partial charge is 0.378 e. The molecule has 70 valence electrons. The van der Waals surface area contributed by atoms with E-state index in [2.05, 4.69) is 0 Å². The molecule has 0 aromatic rings. The molecule has 1 fully saturated rings. The van der Waals surface area contributed by atoms with Crippen LogP contribution in [0, 0.1) is 5.92 Å². The predicted molar refractivity (Wildman–Crippen MR) is 46.8 cm³/mol. The zero-order valence-electron chi connectivity index (χ0n) is 8.04. The van der Waals surface area contributed by atoms with Gasteiger partial charge in [0.2, 0.25) is 5.91 Å². The van der Waals surface area contributed by atoms with Crippen molar-refractivity contribution in [2.24, 2.45) is 5.92 Å². The number of hydrogen-bond donors (Lipinski definition) is 0. The molecule has 0 aromatic carbocycles. The minimum absolute atomic E-state index is 0.184. The second-order valence-corrected chi connectivity index (χ2v) is 3.64. The van der Waals surface area contributed by atoms with Crippen LogP contribution in [0.4, 0.5) is 0 Å². The topological polar surface area (TPSA) is 29.5 Å². The average molecular weight is 171 g/mol. The molecule has 1 aliphatic heterocycles. The third-order valence-corrected chi connectivity index (χ3v) is 2.28. The van der Waals surface area contributed by atoms with Crippen LogP contribution in [0.25, 0.3) is 0 Å². The first-order valence-electron chi connectivity index (χ1n) is 4.44. The van der Waals surface area contributed by atoms with Crippen LogP contribution < -0.4 is 0 Å². The molecule has 2 unspecified atom stereocenters. The van der Waals surface area contributed by atoms with Crippen molar-refractivity contribution in [1.29, 1.82) is 0 Å². The van der Waals surface area contributed by atoms with Crippen molar-refractivity contribution in [2.75, 3.05) is 20.7 Å². The van der Waals surface area contributed by atoms with E-state index in [4.69, 9.17) is 4.74 Å². The Morgan fingerprint density at radius 3 is 2.67 bits per heavy atom. The van der Waals surface area contributed by atoms with Gasteiger partial charge in [0, 0.05) is 26.6 Å². The van der Waals surface area contributed by atoms with Gasteiger partial charge in [-0.05, 0) is 19.8 Å². The van der Waals surface area contributed by atoms with Gasteiger partial charge in [-0.2, -0.15) is 0 Å². The Morgan fingerprint density at radius 2 is 2.17 bits per heavy atom. The van der Waals surface area contributed by atoms with Crippen LogP contribution in [0.1, 0.15) is 19.8 Å². The molecule has 0 aromatic heterocycles. The van der Waals surface area contributed by atoms with Gasteiger partial charge in [-0.15, -0.1) is 0 Å². The van der Waals surface area contributed by atoms with Gasteiger partial charge in [-0.25, -0.2) is 0 Å². The lowest BCUT2D eigenvalue weighted by atomic mass is 9.95. The minimum atomic E-state index is 0.184. The molecule has 3 heteroatoms. The molecule has 3 nitrogen and oxygen atoms in total. The van der Waals surface area contributed by atoms with Gasteiger partial charge in [0.15, 0.2) is 0 Å². The first-order valence-corrected chi connectivity index (χ1v) is 4.44. The van der Waals surface area contributed by atoms with Gasteiger partial charge < -0.3 is 9.64 Å². The fourth-order valence-corrected chi connectivity index (χ4v) is 1.59. The quantitative estimate of drug-likeness (QED) is 0.586. The first-order chi connectivity index (χ1) is 5.61. The highest BCUT2D eigenvalue weighted by atomic mass is 16.5. The Bertz CT molecular complexity index is 168. The summed E-state index contributed by atoms with van der Waals surface area (Å²) in [5.74, 6) is 0.425. The van der Waals surface area contributed by atoms with Gasteiger partial charge in [0.25, 0.3) is 0 Å². The van der Waals surface area contributed by atoms with Crippen molar-refractivity contribution in [2.45, 2.75) is 25.9 Å². The smallest absolute Gasteiger partial charge is 0.225 e. The summed E-state index contributed by atoms with van der Waals surface area (Å²) in [7, 11) is 3.62. The third-order valence-electron chi connectivity index (χ3n) is 2.28. The number of rotatable bonds is 1. The third kappa shape index (κ3) is 2.21. The van der Waals surface area contributed by atoms with Crippen molar-refractivity contribution in [3.8, 4) is 0 Å². The zero-order chi connectivity index (χ0) is 9.14. The van der Waals surface area contributed by atoms with E-state index >= 15 is 0 Å². The normalized spacial score (nSPS) is 29.9. The van der Waals surface area contributed by atoms with Crippen molar-refractivity contribution in [1.82, 2.24) is 4.90 Å². The molecule has 0 radical (unpaired) electrons. The summed E-state index contributed by atoms with van der Waals surface area (Å²) in [4.78, 5) is 13.2. The van der Waals surface area contributed by atoms with E-state index in [0.29, 0.717) is 0 Å². The maximum absolute atomic E-state index is 11.5. The molecule has 12 heavy (non-hydrogen) atoms. The Balaban J connectivity index is 2.46. The molecule has 2 atom stereocenters. The molecule has 1 saturated heterocycles. The van der Waals surface area contributed by atoms with Crippen LogP contribution >= 0.6 is 0 Å². The van der Waals surface area contributed by atoms with Gasteiger partial charge in [0.05, 0.1) is 6.10 Å². The van der Waals surface area contributed by atoms with E-state index < -0.39 is 0 Å². The molecule has 1 aliphatic rings. The molecule has 1 heterocycles. The monoisotopic (exact) mass is 171 g/mol. The van der Waals surface area contributed by atoms with Crippen molar-refractivity contribution < 1.29 is 9.53 Å². The van der Waals surface area contributed by atoms with E-state index in [1.807, 2.05) is 21.0 Å². The minimum Gasteiger partial charge on any atom is -0.378 e. The SMILES string of the molecule is CC1CC(C(=O)N(C)C)CCO1. The second-order valence-electron chi connectivity index (χ2n) is 3.64. The molecule has 0 aliphatic carbocycles. The summed E-state index contributed by atoms with van der Waals surface area (Å²) >= 11 is 0. The molecule has 0 bridgehead atoms. The van der Waals surface area contributed by atoms with Crippen LogP contribution in [0.5, 0.6) is 0 Å². The molecule has 1 rings (SSSR count). The molecule has 0 N–H and O–H groups in total. The van der Waals surface area contributed by atoms with Crippen LogP contribution in [-0.2, 0) is 9.53 Å². The highest BCUT2D eigenvalue weighted by molar-refractivity contribution is 5.78. The van der Waals surface area contributed by atoms with Crippen molar-refractivity contribution >= 4 is 5.91 Å². The summed E-state index contributed by atoms with van der Waals surface area (Å²) in [5, 5.41) is 0. The lowest BCUT2D eigenvalue weighted by Crippen LogP contribution is -2.35. The van der Waals surface area contributed by atoms with E-state index in [-0.39, 0.29) is 17.9 Å². The summed E-state index contributed by atoms with van der Waals surface area (Å²) in [6.07, 6.45) is 1.99. The summed E-state index contributed by atoms with van der Waals surface area (Å²) in [5.41, 5.74) is 0. The maximum atomic E-state index is 11.5. The molecular weight excluding hydrogens is 154 g/mol. The number of amides is 1. The van der Waals surface area contributed by atoms with Gasteiger partial charge >= 0.3 is 0 Å². The zero-order valence-corrected chi connectivity index (χ0v) is 8.04. The summed E-state index contributed by atoms with van der Waals surface area (Å²) in [6.45, 7) is 2.75. The van der Waals surface area contributed by atoms with Gasteiger partial charge in [-0.3, -0.25) is 4.79 Å².